The largest absolute Gasteiger partial charge is 0.496 e. The molecule has 1 amide bonds. The number of carbonyl (C=O) groups is 2. The number of thioether (sulfide) groups is 1. The van der Waals surface area contributed by atoms with E-state index in [0.717, 1.165) is 53.8 Å². The highest BCUT2D eigenvalue weighted by atomic mass is 32.2. The number of nitrogens with zero attached hydrogens (tertiary/aromatic N) is 1. The van der Waals surface area contributed by atoms with Crippen molar-refractivity contribution in [2.24, 2.45) is 5.92 Å². The Hall–Kier alpha value is -3.25. The quantitative estimate of drug-likeness (QED) is 0.195. The Kier molecular flexibility index (Phi) is 13.2. The standard InChI is InChI=1S/C32H35NO4S.C3H8.C2H6/c1-4-8-20-13-14-22(28(17-20)37-2)19-33-27-11-6-5-9-23(27)25(18-26(31(33)34)32(35)36)24-10-7-12-29(38-3)30(24)21-15-16-21;1-3-2;1-2/h5-7,9-14,17,21,25-26H,4,8,15-16,18-19H2,1-3H3,(H,35,36);3H2,1-2H3;1-2H3. The summed E-state index contributed by atoms with van der Waals surface area (Å²) in [7, 11) is 1.64. The molecule has 43 heavy (non-hydrogen) atoms. The lowest BCUT2D eigenvalue weighted by Gasteiger charge is -2.26. The number of fused-ring (bicyclic) bond motifs is 1. The Morgan fingerprint density at radius 3 is 2.28 bits per heavy atom. The fourth-order valence-electron chi connectivity index (χ4n) is 5.85. The van der Waals surface area contributed by atoms with Crippen LogP contribution in [-0.2, 0) is 22.6 Å². The Labute approximate surface area is 263 Å². The molecule has 2 unspecified atom stereocenters. The van der Waals surface area contributed by atoms with Crippen molar-refractivity contribution in [1.82, 2.24) is 0 Å². The molecule has 2 atom stereocenters. The summed E-state index contributed by atoms with van der Waals surface area (Å²) in [5, 5.41) is 10.3. The van der Waals surface area contributed by atoms with Gasteiger partial charge in [-0.2, -0.15) is 0 Å². The molecule has 1 heterocycles. The molecule has 1 aliphatic carbocycles. The topological polar surface area (TPSA) is 66.8 Å². The summed E-state index contributed by atoms with van der Waals surface area (Å²) in [6.45, 7) is 10.6. The molecular formula is C37H49NO4S. The summed E-state index contributed by atoms with van der Waals surface area (Å²) in [6, 6.07) is 20.4. The van der Waals surface area contributed by atoms with E-state index in [0.29, 0.717) is 5.92 Å². The number of hydrogen-bond acceptors (Lipinski definition) is 4. The van der Waals surface area contributed by atoms with Crippen LogP contribution in [0.15, 0.2) is 65.6 Å². The average Bonchev–Trinajstić information content (AvgIpc) is 3.88. The number of aryl methyl sites for hydroxylation is 1. The zero-order chi connectivity index (χ0) is 31.5. The second-order valence-corrected chi connectivity index (χ2v) is 11.9. The first kappa shape index (κ1) is 34.2. The van der Waals surface area contributed by atoms with E-state index in [4.69, 9.17) is 4.74 Å². The van der Waals surface area contributed by atoms with Crippen molar-refractivity contribution in [2.45, 2.75) is 96.4 Å². The second kappa shape index (κ2) is 16.6. The maximum Gasteiger partial charge on any atom is 0.316 e. The molecule has 5 rings (SSSR count). The molecule has 1 N–H and O–H groups in total. The predicted molar refractivity (Wildman–Crippen MR) is 180 cm³/mol. The molecule has 3 aromatic carbocycles. The number of carboxylic acid groups (broad SMARTS) is 1. The van der Waals surface area contributed by atoms with Gasteiger partial charge in [-0.3, -0.25) is 9.59 Å². The zero-order valence-corrected chi connectivity index (χ0v) is 27.8. The van der Waals surface area contributed by atoms with Crippen LogP contribution in [0.5, 0.6) is 5.75 Å². The van der Waals surface area contributed by atoms with E-state index < -0.39 is 11.9 Å². The van der Waals surface area contributed by atoms with Gasteiger partial charge >= 0.3 is 5.97 Å². The van der Waals surface area contributed by atoms with Gasteiger partial charge in [-0.15, -0.1) is 11.8 Å². The number of aliphatic carboxylic acids is 1. The lowest BCUT2D eigenvalue weighted by atomic mass is 9.81. The summed E-state index contributed by atoms with van der Waals surface area (Å²) in [5.74, 6) is -1.54. The van der Waals surface area contributed by atoms with Gasteiger partial charge in [0.05, 0.1) is 13.7 Å². The van der Waals surface area contributed by atoms with E-state index in [1.165, 1.54) is 22.4 Å². The Morgan fingerprint density at radius 1 is 1.00 bits per heavy atom. The smallest absolute Gasteiger partial charge is 0.316 e. The molecule has 0 radical (unpaired) electrons. The van der Waals surface area contributed by atoms with Crippen LogP contribution in [0.4, 0.5) is 5.69 Å². The molecule has 0 aromatic heterocycles. The van der Waals surface area contributed by atoms with Crippen LogP contribution in [0.3, 0.4) is 0 Å². The van der Waals surface area contributed by atoms with E-state index >= 15 is 0 Å². The molecule has 232 valence electrons. The molecule has 0 bridgehead atoms. The molecule has 3 aromatic rings. The number of methoxy groups -OCH3 is 1. The zero-order valence-electron chi connectivity index (χ0n) is 27.0. The Balaban J connectivity index is 0.000000953. The lowest BCUT2D eigenvalue weighted by Crippen LogP contribution is -2.38. The third kappa shape index (κ3) is 8.03. The van der Waals surface area contributed by atoms with Crippen LogP contribution < -0.4 is 9.64 Å². The van der Waals surface area contributed by atoms with Crippen LogP contribution in [0, 0.1) is 5.92 Å². The summed E-state index contributed by atoms with van der Waals surface area (Å²) < 4.78 is 5.71. The van der Waals surface area contributed by atoms with Crippen molar-refractivity contribution in [2.75, 3.05) is 18.3 Å². The number of hydrogen-bond donors (Lipinski definition) is 1. The van der Waals surface area contributed by atoms with Gasteiger partial charge < -0.3 is 14.7 Å². The normalized spacial score (nSPS) is 17.5. The van der Waals surface area contributed by atoms with E-state index in [1.54, 1.807) is 23.8 Å². The minimum absolute atomic E-state index is 0.183. The second-order valence-electron chi connectivity index (χ2n) is 11.0. The molecule has 5 nitrogen and oxygen atoms in total. The van der Waals surface area contributed by atoms with Crippen molar-refractivity contribution >= 4 is 29.3 Å². The van der Waals surface area contributed by atoms with Crippen LogP contribution in [-0.4, -0.2) is 30.3 Å². The summed E-state index contributed by atoms with van der Waals surface area (Å²) in [6.07, 6.45) is 7.87. The molecular weight excluding hydrogens is 554 g/mol. The first-order valence-corrected chi connectivity index (χ1v) is 17.1. The minimum Gasteiger partial charge on any atom is -0.496 e. The first-order valence-electron chi connectivity index (χ1n) is 15.8. The molecule has 0 saturated heterocycles. The highest BCUT2D eigenvalue weighted by Crippen LogP contribution is 2.51. The highest BCUT2D eigenvalue weighted by Gasteiger charge is 2.41. The van der Waals surface area contributed by atoms with Crippen molar-refractivity contribution in [3.63, 3.8) is 0 Å². The number of benzene rings is 3. The molecule has 1 saturated carbocycles. The van der Waals surface area contributed by atoms with Gasteiger partial charge in [0.15, 0.2) is 0 Å². The fraction of sp³-hybridized carbons (Fsp3) is 0.459. The van der Waals surface area contributed by atoms with Crippen LogP contribution in [0.2, 0.25) is 0 Å². The number of carbonyl (C=O) groups excluding carboxylic acids is 1. The van der Waals surface area contributed by atoms with Gasteiger partial charge in [-0.05, 0) is 78.3 Å². The maximum absolute atomic E-state index is 14.0. The maximum atomic E-state index is 14.0. The molecule has 1 fully saturated rings. The Morgan fingerprint density at radius 2 is 1.67 bits per heavy atom. The number of carboxylic acids is 1. The van der Waals surface area contributed by atoms with Crippen LogP contribution in [0.1, 0.15) is 106 Å². The molecule has 0 spiro atoms. The predicted octanol–water partition coefficient (Wildman–Crippen LogP) is 9.46. The summed E-state index contributed by atoms with van der Waals surface area (Å²) in [5.41, 5.74) is 6.32. The third-order valence-electron chi connectivity index (χ3n) is 7.84. The van der Waals surface area contributed by atoms with E-state index in [2.05, 4.69) is 57.4 Å². The van der Waals surface area contributed by atoms with E-state index in [-0.39, 0.29) is 24.8 Å². The molecule has 1 aliphatic heterocycles. The number of para-hydroxylation sites is 1. The molecule has 2 aliphatic rings. The van der Waals surface area contributed by atoms with E-state index in [1.807, 2.05) is 44.2 Å². The fourth-order valence-corrected chi connectivity index (χ4v) is 6.57. The summed E-state index contributed by atoms with van der Waals surface area (Å²) >= 11 is 1.74. The van der Waals surface area contributed by atoms with Gasteiger partial charge in [0, 0.05) is 22.1 Å². The minimum atomic E-state index is -1.14. The van der Waals surface area contributed by atoms with Crippen molar-refractivity contribution < 1.29 is 19.4 Å². The first-order chi connectivity index (χ1) is 20.9. The van der Waals surface area contributed by atoms with Gasteiger partial charge in [0.1, 0.15) is 11.7 Å². The summed E-state index contributed by atoms with van der Waals surface area (Å²) in [4.78, 5) is 29.4. The van der Waals surface area contributed by atoms with Crippen molar-refractivity contribution in [3.05, 3.63) is 88.5 Å². The molecule has 6 heteroatoms. The number of ether oxygens (including phenoxy) is 1. The number of rotatable bonds is 9. The Bertz CT molecular complexity index is 1370. The van der Waals surface area contributed by atoms with Gasteiger partial charge in [0.25, 0.3) is 0 Å². The van der Waals surface area contributed by atoms with Gasteiger partial charge in [-0.25, -0.2) is 0 Å². The van der Waals surface area contributed by atoms with Gasteiger partial charge in [0.2, 0.25) is 5.91 Å². The van der Waals surface area contributed by atoms with E-state index in [9.17, 15) is 14.7 Å². The average molecular weight is 604 g/mol. The van der Waals surface area contributed by atoms with Crippen LogP contribution in [0.25, 0.3) is 0 Å². The highest BCUT2D eigenvalue weighted by molar-refractivity contribution is 7.98. The monoisotopic (exact) mass is 603 g/mol. The van der Waals surface area contributed by atoms with Crippen molar-refractivity contribution in [1.29, 1.82) is 0 Å². The number of anilines is 1. The van der Waals surface area contributed by atoms with Crippen molar-refractivity contribution in [3.8, 4) is 5.75 Å². The SMILES string of the molecule is CC.CCC.CCCc1ccc(CN2C(=O)C(C(=O)O)CC(c3cccc(SC)c3C3CC3)c3ccccc32)c(OC)c1. The van der Waals surface area contributed by atoms with Crippen LogP contribution >= 0.6 is 11.8 Å². The van der Waals surface area contributed by atoms with Gasteiger partial charge in [-0.1, -0.05) is 89.9 Å². The third-order valence-corrected chi connectivity index (χ3v) is 8.63. The number of amides is 1. The lowest BCUT2D eigenvalue weighted by molar-refractivity contribution is -0.146.